The van der Waals surface area contributed by atoms with Gasteiger partial charge in [-0.2, -0.15) is 0 Å². The summed E-state index contributed by atoms with van der Waals surface area (Å²) in [6, 6.07) is 19.6. The van der Waals surface area contributed by atoms with Crippen LogP contribution in [0, 0.1) is 0 Å². The Morgan fingerprint density at radius 1 is 0.960 bits per heavy atom. The van der Waals surface area contributed by atoms with Gasteiger partial charge < -0.3 is 5.32 Å². The van der Waals surface area contributed by atoms with Crippen molar-refractivity contribution in [3.05, 3.63) is 82.6 Å². The Hall–Kier alpha value is -2.48. The summed E-state index contributed by atoms with van der Waals surface area (Å²) in [6.07, 6.45) is 0. The molecular formula is C18H16N2O3S2. The standard InChI is InChI=1S/C18H16N2O3S2/c21-18(20-15-9-5-2-6-10-15)17-11-16(13-24-17)25(22,23)19-12-14-7-3-1-4-8-14/h1-11,13,19H,12H2,(H,20,21). The van der Waals surface area contributed by atoms with Crippen LogP contribution in [0.4, 0.5) is 5.69 Å². The van der Waals surface area contributed by atoms with E-state index in [0.29, 0.717) is 10.6 Å². The third-order valence-corrected chi connectivity index (χ3v) is 5.91. The number of para-hydroxylation sites is 1. The first-order valence-corrected chi connectivity index (χ1v) is 9.89. The first-order valence-electron chi connectivity index (χ1n) is 7.53. The number of carbonyl (C=O) groups excluding carboxylic acids is 1. The van der Waals surface area contributed by atoms with E-state index in [1.165, 1.54) is 11.4 Å². The SMILES string of the molecule is O=C(Nc1ccccc1)c1cc(S(=O)(=O)NCc2ccccc2)cs1. The lowest BCUT2D eigenvalue weighted by atomic mass is 10.2. The van der Waals surface area contributed by atoms with Crippen molar-refractivity contribution in [2.45, 2.75) is 11.4 Å². The van der Waals surface area contributed by atoms with Crippen LogP contribution in [0.2, 0.25) is 0 Å². The second-order valence-electron chi connectivity index (χ2n) is 5.28. The molecule has 0 fully saturated rings. The molecule has 5 nitrogen and oxygen atoms in total. The summed E-state index contributed by atoms with van der Waals surface area (Å²) in [4.78, 5) is 12.6. The van der Waals surface area contributed by atoms with E-state index >= 15 is 0 Å². The Labute approximate surface area is 150 Å². The summed E-state index contributed by atoms with van der Waals surface area (Å²) >= 11 is 1.09. The maximum atomic E-state index is 12.4. The Kier molecular flexibility index (Phi) is 5.28. The van der Waals surface area contributed by atoms with E-state index in [2.05, 4.69) is 10.0 Å². The summed E-state index contributed by atoms with van der Waals surface area (Å²) in [6.45, 7) is 0.199. The van der Waals surface area contributed by atoms with Gasteiger partial charge in [0, 0.05) is 17.6 Å². The van der Waals surface area contributed by atoms with Crippen LogP contribution >= 0.6 is 11.3 Å². The zero-order chi connectivity index (χ0) is 17.7. The Bertz CT molecular complexity index is 952. The molecule has 0 bridgehead atoms. The van der Waals surface area contributed by atoms with Crippen LogP contribution in [-0.2, 0) is 16.6 Å². The van der Waals surface area contributed by atoms with Crippen molar-refractivity contribution in [2.75, 3.05) is 5.32 Å². The molecule has 0 unspecified atom stereocenters. The van der Waals surface area contributed by atoms with Crippen LogP contribution in [0.5, 0.6) is 0 Å². The quantitative estimate of drug-likeness (QED) is 0.696. The third-order valence-electron chi connectivity index (χ3n) is 3.45. The molecule has 0 spiro atoms. The van der Waals surface area contributed by atoms with Gasteiger partial charge in [-0.15, -0.1) is 11.3 Å². The second kappa shape index (κ2) is 7.60. The lowest BCUT2D eigenvalue weighted by Crippen LogP contribution is -2.22. The number of rotatable bonds is 6. The second-order valence-corrected chi connectivity index (χ2v) is 7.96. The van der Waals surface area contributed by atoms with E-state index in [0.717, 1.165) is 16.9 Å². The first kappa shape index (κ1) is 17.3. The molecule has 0 radical (unpaired) electrons. The molecule has 0 saturated carbocycles. The molecule has 1 amide bonds. The van der Waals surface area contributed by atoms with E-state index in [1.54, 1.807) is 12.1 Å². The van der Waals surface area contributed by atoms with Crippen molar-refractivity contribution in [3.63, 3.8) is 0 Å². The number of nitrogens with one attached hydrogen (secondary N) is 2. The van der Waals surface area contributed by atoms with Gasteiger partial charge in [-0.3, -0.25) is 4.79 Å². The molecule has 0 saturated heterocycles. The normalized spacial score (nSPS) is 11.2. The topological polar surface area (TPSA) is 75.3 Å². The van der Waals surface area contributed by atoms with E-state index in [-0.39, 0.29) is 17.3 Å². The Morgan fingerprint density at radius 2 is 1.60 bits per heavy atom. The van der Waals surface area contributed by atoms with Crippen LogP contribution < -0.4 is 10.0 Å². The van der Waals surface area contributed by atoms with Crippen LogP contribution in [0.3, 0.4) is 0 Å². The largest absolute Gasteiger partial charge is 0.321 e. The predicted molar refractivity (Wildman–Crippen MR) is 99.2 cm³/mol. The lowest BCUT2D eigenvalue weighted by Gasteiger charge is -2.05. The van der Waals surface area contributed by atoms with Crippen molar-refractivity contribution in [2.24, 2.45) is 0 Å². The van der Waals surface area contributed by atoms with Gasteiger partial charge in [0.05, 0.1) is 9.77 Å². The monoisotopic (exact) mass is 372 g/mol. The average Bonchev–Trinajstić information content (AvgIpc) is 3.13. The minimum absolute atomic E-state index is 0.0895. The summed E-state index contributed by atoms with van der Waals surface area (Å²) in [5.41, 5.74) is 1.52. The van der Waals surface area contributed by atoms with Gasteiger partial charge >= 0.3 is 0 Å². The molecule has 25 heavy (non-hydrogen) atoms. The van der Waals surface area contributed by atoms with Crippen molar-refractivity contribution in [3.8, 4) is 0 Å². The zero-order valence-corrected chi connectivity index (χ0v) is 14.8. The molecular weight excluding hydrogens is 356 g/mol. The molecule has 0 aliphatic heterocycles. The van der Waals surface area contributed by atoms with Crippen molar-refractivity contribution in [1.82, 2.24) is 4.72 Å². The minimum Gasteiger partial charge on any atom is -0.321 e. The molecule has 1 heterocycles. The van der Waals surface area contributed by atoms with Gasteiger partial charge in [-0.05, 0) is 23.8 Å². The predicted octanol–water partition coefficient (Wildman–Crippen LogP) is 3.48. The Morgan fingerprint density at radius 3 is 2.28 bits per heavy atom. The molecule has 3 aromatic rings. The van der Waals surface area contributed by atoms with Gasteiger partial charge in [0.25, 0.3) is 5.91 Å². The molecule has 0 aliphatic carbocycles. The highest BCUT2D eigenvalue weighted by Crippen LogP contribution is 2.21. The van der Waals surface area contributed by atoms with E-state index < -0.39 is 10.0 Å². The third kappa shape index (κ3) is 4.54. The highest BCUT2D eigenvalue weighted by molar-refractivity contribution is 7.89. The molecule has 7 heteroatoms. The molecule has 0 atom stereocenters. The number of thiophene rings is 1. The maximum absolute atomic E-state index is 12.4. The van der Waals surface area contributed by atoms with Crippen LogP contribution in [0.25, 0.3) is 0 Å². The van der Waals surface area contributed by atoms with Crippen LogP contribution in [-0.4, -0.2) is 14.3 Å². The number of anilines is 1. The number of sulfonamides is 1. The molecule has 2 N–H and O–H groups in total. The van der Waals surface area contributed by atoms with Crippen molar-refractivity contribution < 1.29 is 13.2 Å². The number of hydrogen-bond acceptors (Lipinski definition) is 4. The fourth-order valence-electron chi connectivity index (χ4n) is 2.15. The van der Waals surface area contributed by atoms with Crippen LogP contribution in [0.1, 0.15) is 15.2 Å². The summed E-state index contributed by atoms with van der Waals surface area (Å²) < 4.78 is 27.3. The van der Waals surface area contributed by atoms with Crippen molar-refractivity contribution >= 4 is 33.0 Å². The molecule has 3 rings (SSSR count). The van der Waals surface area contributed by atoms with Gasteiger partial charge in [-0.1, -0.05) is 48.5 Å². The minimum atomic E-state index is -3.66. The molecule has 0 aliphatic rings. The summed E-state index contributed by atoms with van der Waals surface area (Å²) in [7, 11) is -3.66. The number of benzene rings is 2. The maximum Gasteiger partial charge on any atom is 0.265 e. The lowest BCUT2D eigenvalue weighted by molar-refractivity contribution is 0.103. The average molecular weight is 372 g/mol. The number of carbonyl (C=O) groups is 1. The molecule has 2 aromatic carbocycles. The molecule has 128 valence electrons. The van der Waals surface area contributed by atoms with E-state index in [9.17, 15) is 13.2 Å². The number of hydrogen-bond donors (Lipinski definition) is 2. The Balaban J connectivity index is 1.68. The van der Waals surface area contributed by atoms with Crippen molar-refractivity contribution in [1.29, 1.82) is 0 Å². The molecule has 1 aromatic heterocycles. The smallest absolute Gasteiger partial charge is 0.265 e. The van der Waals surface area contributed by atoms with Gasteiger partial charge in [0.15, 0.2) is 0 Å². The van der Waals surface area contributed by atoms with Crippen LogP contribution in [0.15, 0.2) is 77.0 Å². The highest BCUT2D eigenvalue weighted by atomic mass is 32.2. The summed E-state index contributed by atoms with van der Waals surface area (Å²) in [5.74, 6) is -0.333. The van der Waals surface area contributed by atoms with Gasteiger partial charge in [-0.25, -0.2) is 13.1 Å². The fraction of sp³-hybridized carbons (Fsp3) is 0.0556. The van der Waals surface area contributed by atoms with E-state index in [4.69, 9.17) is 0 Å². The summed E-state index contributed by atoms with van der Waals surface area (Å²) in [5, 5.41) is 4.20. The zero-order valence-electron chi connectivity index (χ0n) is 13.2. The van der Waals surface area contributed by atoms with Gasteiger partial charge in [0.2, 0.25) is 10.0 Å². The highest BCUT2D eigenvalue weighted by Gasteiger charge is 2.18. The fourth-order valence-corrected chi connectivity index (χ4v) is 4.34. The number of amides is 1. The van der Waals surface area contributed by atoms with Gasteiger partial charge in [0.1, 0.15) is 0 Å². The van der Waals surface area contributed by atoms with E-state index in [1.807, 2.05) is 48.5 Å². The first-order chi connectivity index (χ1) is 12.0.